The Balaban J connectivity index is 2.24. The Bertz CT molecular complexity index is 807. The van der Waals surface area contributed by atoms with Crippen molar-refractivity contribution in [2.24, 2.45) is 7.05 Å². The van der Waals surface area contributed by atoms with Gasteiger partial charge in [0, 0.05) is 13.1 Å². The molecule has 1 aliphatic rings. The van der Waals surface area contributed by atoms with Gasteiger partial charge in [-0.05, 0) is 13.8 Å². The standard InChI is InChI=1S/C14H22N6O2/c1-9(2)20-10-11(18(4)14(22)16-12(10)21)15-13(20)19-7-5-17(3)6-8-19/h9H,5-8H2,1-4H3,(H,16,21,22)/p+1. The van der Waals surface area contributed by atoms with Crippen LogP contribution in [0.1, 0.15) is 19.9 Å². The van der Waals surface area contributed by atoms with Crippen molar-refractivity contribution in [2.45, 2.75) is 19.9 Å². The van der Waals surface area contributed by atoms with Crippen molar-refractivity contribution in [1.29, 1.82) is 0 Å². The number of hydrogen-bond acceptors (Lipinski definition) is 4. The highest BCUT2D eigenvalue weighted by Gasteiger charge is 2.26. The number of piperazine rings is 1. The normalized spacial score (nSPS) is 16.9. The molecular formula is C14H23N6O2+. The summed E-state index contributed by atoms with van der Waals surface area (Å²) in [7, 11) is 3.81. The van der Waals surface area contributed by atoms with E-state index in [1.165, 1.54) is 9.47 Å². The summed E-state index contributed by atoms with van der Waals surface area (Å²) in [6, 6.07) is 0.0885. The molecule has 120 valence electrons. The number of imidazole rings is 1. The maximum absolute atomic E-state index is 12.3. The van der Waals surface area contributed by atoms with Crippen LogP contribution < -0.4 is 21.0 Å². The van der Waals surface area contributed by atoms with Crippen molar-refractivity contribution in [1.82, 2.24) is 19.1 Å². The van der Waals surface area contributed by atoms with Gasteiger partial charge >= 0.3 is 5.69 Å². The molecular weight excluding hydrogens is 284 g/mol. The van der Waals surface area contributed by atoms with Crippen LogP contribution in [0.2, 0.25) is 0 Å². The van der Waals surface area contributed by atoms with Gasteiger partial charge in [-0.1, -0.05) is 0 Å². The first-order chi connectivity index (χ1) is 10.4. The smallest absolute Gasteiger partial charge is 0.329 e. The number of H-pyrrole nitrogens is 1. The first kappa shape index (κ1) is 14.8. The second-order valence-corrected chi connectivity index (χ2v) is 6.31. The molecule has 0 aromatic carbocycles. The van der Waals surface area contributed by atoms with Gasteiger partial charge < -0.3 is 14.4 Å². The van der Waals surface area contributed by atoms with Gasteiger partial charge in [0.25, 0.3) is 5.56 Å². The highest BCUT2D eigenvalue weighted by atomic mass is 16.2. The van der Waals surface area contributed by atoms with Crippen LogP contribution in [-0.4, -0.2) is 52.3 Å². The number of nitrogens with one attached hydrogen (secondary N) is 2. The molecule has 0 unspecified atom stereocenters. The molecule has 1 saturated heterocycles. The molecule has 2 aromatic rings. The molecule has 8 nitrogen and oxygen atoms in total. The minimum Gasteiger partial charge on any atom is -0.334 e. The summed E-state index contributed by atoms with van der Waals surface area (Å²) in [5.41, 5.74) is 0.118. The van der Waals surface area contributed by atoms with E-state index in [-0.39, 0.29) is 11.6 Å². The van der Waals surface area contributed by atoms with Gasteiger partial charge in [0.15, 0.2) is 11.2 Å². The highest BCUT2D eigenvalue weighted by molar-refractivity contribution is 5.74. The Kier molecular flexibility index (Phi) is 3.56. The van der Waals surface area contributed by atoms with Crippen LogP contribution in [-0.2, 0) is 7.05 Å². The molecule has 3 heterocycles. The summed E-state index contributed by atoms with van der Waals surface area (Å²) in [5.74, 6) is 0.782. The van der Waals surface area contributed by atoms with Crippen molar-refractivity contribution in [2.75, 3.05) is 38.1 Å². The quantitative estimate of drug-likeness (QED) is 0.696. The Morgan fingerprint density at radius 1 is 1.23 bits per heavy atom. The molecule has 0 spiro atoms. The fourth-order valence-electron chi connectivity index (χ4n) is 2.99. The molecule has 1 fully saturated rings. The minimum atomic E-state index is -0.430. The van der Waals surface area contributed by atoms with E-state index >= 15 is 0 Å². The Morgan fingerprint density at radius 3 is 2.45 bits per heavy atom. The summed E-state index contributed by atoms with van der Waals surface area (Å²) in [4.78, 5) is 34.8. The Hall–Kier alpha value is -2.09. The topological polar surface area (TPSA) is 80.4 Å². The lowest BCUT2D eigenvalue weighted by Crippen LogP contribution is -3.12. The molecule has 8 heteroatoms. The zero-order chi connectivity index (χ0) is 16.0. The van der Waals surface area contributed by atoms with Crippen LogP contribution in [0.15, 0.2) is 9.59 Å². The maximum atomic E-state index is 12.3. The fourth-order valence-corrected chi connectivity index (χ4v) is 2.99. The number of anilines is 1. The van der Waals surface area contributed by atoms with Gasteiger partial charge in [-0.15, -0.1) is 0 Å². The van der Waals surface area contributed by atoms with Crippen molar-refractivity contribution < 1.29 is 4.90 Å². The average Bonchev–Trinajstić information content (AvgIpc) is 2.87. The molecule has 0 atom stereocenters. The number of fused-ring (bicyclic) bond motifs is 1. The zero-order valence-corrected chi connectivity index (χ0v) is 13.5. The van der Waals surface area contributed by atoms with E-state index in [9.17, 15) is 9.59 Å². The van der Waals surface area contributed by atoms with Crippen LogP contribution in [0, 0.1) is 0 Å². The van der Waals surface area contributed by atoms with Crippen molar-refractivity contribution >= 4 is 17.1 Å². The zero-order valence-electron chi connectivity index (χ0n) is 13.5. The lowest BCUT2D eigenvalue weighted by Gasteiger charge is -2.31. The van der Waals surface area contributed by atoms with E-state index in [0.717, 1.165) is 32.1 Å². The second-order valence-electron chi connectivity index (χ2n) is 6.31. The highest BCUT2D eigenvalue weighted by Crippen LogP contribution is 2.23. The number of aromatic amines is 1. The van der Waals surface area contributed by atoms with E-state index in [1.807, 2.05) is 18.4 Å². The van der Waals surface area contributed by atoms with Crippen LogP contribution in [0.4, 0.5) is 5.95 Å². The van der Waals surface area contributed by atoms with Gasteiger partial charge in [-0.25, -0.2) is 4.79 Å². The van der Waals surface area contributed by atoms with Crippen molar-refractivity contribution in [3.05, 3.63) is 20.8 Å². The van der Waals surface area contributed by atoms with E-state index in [2.05, 4.69) is 21.9 Å². The molecule has 0 radical (unpaired) electrons. The lowest BCUT2D eigenvalue weighted by atomic mass is 10.3. The second kappa shape index (κ2) is 5.28. The molecule has 1 aliphatic heterocycles. The molecule has 2 aromatic heterocycles. The van der Waals surface area contributed by atoms with Gasteiger partial charge in [-0.3, -0.25) is 14.3 Å². The number of aryl methyl sites for hydroxylation is 1. The predicted molar refractivity (Wildman–Crippen MR) is 84.8 cm³/mol. The summed E-state index contributed by atoms with van der Waals surface area (Å²) in [5, 5.41) is 0. The van der Waals surface area contributed by atoms with Crippen molar-refractivity contribution in [3.8, 4) is 0 Å². The summed E-state index contributed by atoms with van der Waals surface area (Å²) < 4.78 is 3.34. The van der Waals surface area contributed by atoms with E-state index in [1.54, 1.807) is 7.05 Å². The summed E-state index contributed by atoms with van der Waals surface area (Å²) in [6.07, 6.45) is 0. The Labute approximate surface area is 128 Å². The number of rotatable bonds is 2. The fraction of sp³-hybridized carbons (Fsp3) is 0.643. The number of nitrogens with zero attached hydrogens (tertiary/aromatic N) is 4. The minimum absolute atomic E-state index is 0.0885. The SMILES string of the molecule is CC(C)n1c(N2CC[NH+](C)CC2)nc2c1c(=O)[nH]c(=O)n2C. The number of aromatic nitrogens is 4. The molecule has 0 aliphatic carbocycles. The summed E-state index contributed by atoms with van der Waals surface area (Å²) in [6.45, 7) is 7.92. The maximum Gasteiger partial charge on any atom is 0.329 e. The lowest BCUT2D eigenvalue weighted by molar-refractivity contribution is -0.880. The van der Waals surface area contributed by atoms with E-state index < -0.39 is 5.69 Å². The molecule has 22 heavy (non-hydrogen) atoms. The summed E-state index contributed by atoms with van der Waals surface area (Å²) >= 11 is 0. The predicted octanol–water partition coefficient (Wildman–Crippen LogP) is -1.66. The molecule has 3 rings (SSSR count). The van der Waals surface area contributed by atoms with Gasteiger partial charge in [0.2, 0.25) is 5.95 Å². The monoisotopic (exact) mass is 307 g/mol. The molecule has 0 amide bonds. The Morgan fingerprint density at radius 2 is 1.86 bits per heavy atom. The number of quaternary nitrogens is 1. The average molecular weight is 307 g/mol. The third-order valence-electron chi connectivity index (χ3n) is 4.35. The molecule has 2 N–H and O–H groups in total. The van der Waals surface area contributed by atoms with Crippen LogP contribution >= 0.6 is 0 Å². The van der Waals surface area contributed by atoms with Gasteiger partial charge in [0.1, 0.15) is 0 Å². The number of likely N-dealkylation sites (N-methyl/N-ethyl adjacent to an activating group) is 1. The van der Waals surface area contributed by atoms with E-state index in [0.29, 0.717) is 11.2 Å². The first-order valence-electron chi connectivity index (χ1n) is 7.67. The third kappa shape index (κ3) is 2.23. The number of hydrogen-bond donors (Lipinski definition) is 2. The van der Waals surface area contributed by atoms with Gasteiger partial charge in [-0.2, -0.15) is 4.98 Å². The van der Waals surface area contributed by atoms with Crippen molar-refractivity contribution in [3.63, 3.8) is 0 Å². The van der Waals surface area contributed by atoms with Gasteiger partial charge in [0.05, 0.1) is 33.2 Å². The molecule has 0 saturated carbocycles. The van der Waals surface area contributed by atoms with Crippen LogP contribution in [0.25, 0.3) is 11.2 Å². The molecule has 0 bridgehead atoms. The third-order valence-corrected chi connectivity index (χ3v) is 4.35. The van der Waals surface area contributed by atoms with E-state index in [4.69, 9.17) is 0 Å². The largest absolute Gasteiger partial charge is 0.334 e. The van der Waals surface area contributed by atoms with Crippen LogP contribution in [0.3, 0.4) is 0 Å². The first-order valence-corrected chi connectivity index (χ1v) is 7.67. The van der Waals surface area contributed by atoms with Crippen LogP contribution in [0.5, 0.6) is 0 Å².